The van der Waals surface area contributed by atoms with Crippen molar-refractivity contribution in [1.82, 2.24) is 15.5 Å². The Morgan fingerprint density at radius 2 is 2.20 bits per heavy atom. The summed E-state index contributed by atoms with van der Waals surface area (Å²) >= 11 is 0. The standard InChI is InChI=1S/C13H15F2N3O2/c1-8(9-2-3-10(14)11(15)6-9)17-7-12(19)18-5-4-16-13(18)20/h2-3,6,8,17H,4-5,7H2,1H3,(H,16,20)/t8-/m0/s1. The molecule has 1 fully saturated rings. The quantitative estimate of drug-likeness (QED) is 0.872. The number of amides is 3. The van der Waals surface area contributed by atoms with Gasteiger partial charge in [0.2, 0.25) is 5.91 Å². The molecule has 5 nitrogen and oxygen atoms in total. The van der Waals surface area contributed by atoms with Gasteiger partial charge in [-0.3, -0.25) is 9.69 Å². The van der Waals surface area contributed by atoms with Crippen molar-refractivity contribution in [2.24, 2.45) is 0 Å². The van der Waals surface area contributed by atoms with Gasteiger partial charge in [-0.1, -0.05) is 6.07 Å². The van der Waals surface area contributed by atoms with Crippen LogP contribution in [0.5, 0.6) is 0 Å². The van der Waals surface area contributed by atoms with Crippen molar-refractivity contribution in [2.45, 2.75) is 13.0 Å². The minimum Gasteiger partial charge on any atom is -0.336 e. The number of urea groups is 1. The predicted octanol–water partition coefficient (Wildman–Crippen LogP) is 1.17. The van der Waals surface area contributed by atoms with Gasteiger partial charge >= 0.3 is 6.03 Å². The maximum Gasteiger partial charge on any atom is 0.324 e. The molecule has 2 rings (SSSR count). The molecular weight excluding hydrogens is 268 g/mol. The first-order valence-electron chi connectivity index (χ1n) is 6.25. The van der Waals surface area contributed by atoms with E-state index in [9.17, 15) is 18.4 Å². The first-order chi connectivity index (χ1) is 9.49. The molecule has 1 aliphatic rings. The summed E-state index contributed by atoms with van der Waals surface area (Å²) < 4.78 is 25.9. The second-order valence-corrected chi connectivity index (χ2v) is 4.55. The van der Waals surface area contributed by atoms with Crippen molar-refractivity contribution < 1.29 is 18.4 Å². The number of hydrogen-bond acceptors (Lipinski definition) is 3. The third-order valence-corrected chi connectivity index (χ3v) is 3.16. The number of nitrogens with one attached hydrogen (secondary N) is 2. The molecule has 108 valence electrons. The molecule has 0 aliphatic carbocycles. The van der Waals surface area contributed by atoms with Crippen molar-refractivity contribution in [3.05, 3.63) is 35.4 Å². The Morgan fingerprint density at radius 3 is 2.80 bits per heavy atom. The first kappa shape index (κ1) is 14.4. The molecule has 0 aromatic heterocycles. The van der Waals surface area contributed by atoms with Crippen molar-refractivity contribution in [3.63, 3.8) is 0 Å². The predicted molar refractivity (Wildman–Crippen MR) is 67.9 cm³/mol. The number of hydrogen-bond donors (Lipinski definition) is 2. The van der Waals surface area contributed by atoms with Gasteiger partial charge in [0, 0.05) is 19.1 Å². The van der Waals surface area contributed by atoms with Crippen molar-refractivity contribution in [1.29, 1.82) is 0 Å². The fourth-order valence-corrected chi connectivity index (χ4v) is 1.94. The summed E-state index contributed by atoms with van der Waals surface area (Å²) in [6.45, 7) is 2.47. The van der Waals surface area contributed by atoms with E-state index in [1.165, 1.54) is 6.07 Å². The van der Waals surface area contributed by atoms with Gasteiger partial charge in [0.05, 0.1) is 6.54 Å². The smallest absolute Gasteiger partial charge is 0.324 e. The van der Waals surface area contributed by atoms with Crippen LogP contribution in [0.4, 0.5) is 13.6 Å². The van der Waals surface area contributed by atoms with Gasteiger partial charge < -0.3 is 10.6 Å². The van der Waals surface area contributed by atoms with Crippen LogP contribution in [0.1, 0.15) is 18.5 Å². The Balaban J connectivity index is 1.91. The van der Waals surface area contributed by atoms with Crippen LogP contribution in [0.25, 0.3) is 0 Å². The van der Waals surface area contributed by atoms with Crippen LogP contribution in [0.15, 0.2) is 18.2 Å². The molecule has 3 amide bonds. The van der Waals surface area contributed by atoms with E-state index in [1.807, 2.05) is 0 Å². The molecule has 0 bridgehead atoms. The van der Waals surface area contributed by atoms with Crippen LogP contribution in [-0.4, -0.2) is 36.5 Å². The molecule has 0 radical (unpaired) electrons. The summed E-state index contributed by atoms with van der Waals surface area (Å²) in [4.78, 5) is 24.2. The average Bonchev–Trinajstić information content (AvgIpc) is 2.85. The molecule has 1 atom stereocenters. The van der Waals surface area contributed by atoms with E-state index in [2.05, 4.69) is 10.6 Å². The topological polar surface area (TPSA) is 61.4 Å². The van der Waals surface area contributed by atoms with Gasteiger partial charge in [-0.2, -0.15) is 0 Å². The molecule has 1 aliphatic heterocycles. The van der Waals surface area contributed by atoms with E-state index in [0.29, 0.717) is 18.7 Å². The highest BCUT2D eigenvalue weighted by atomic mass is 19.2. The zero-order chi connectivity index (χ0) is 14.7. The van der Waals surface area contributed by atoms with Crippen LogP contribution in [0.2, 0.25) is 0 Å². The van der Waals surface area contributed by atoms with Crippen LogP contribution in [0.3, 0.4) is 0 Å². The highest BCUT2D eigenvalue weighted by Gasteiger charge is 2.25. The van der Waals surface area contributed by atoms with Gasteiger partial charge in [0.1, 0.15) is 0 Å². The lowest BCUT2D eigenvalue weighted by molar-refractivity contribution is -0.126. The molecule has 0 unspecified atom stereocenters. The molecular formula is C13H15F2N3O2. The summed E-state index contributed by atoms with van der Waals surface area (Å²) in [7, 11) is 0. The third-order valence-electron chi connectivity index (χ3n) is 3.16. The van der Waals surface area contributed by atoms with Crippen molar-refractivity contribution in [3.8, 4) is 0 Å². The zero-order valence-electron chi connectivity index (χ0n) is 11.0. The zero-order valence-corrected chi connectivity index (χ0v) is 11.0. The minimum absolute atomic E-state index is 0.0480. The van der Waals surface area contributed by atoms with Gasteiger partial charge in [-0.25, -0.2) is 13.6 Å². The summed E-state index contributed by atoms with van der Waals surface area (Å²) in [6.07, 6.45) is 0. The Bertz CT molecular complexity index is 536. The van der Waals surface area contributed by atoms with E-state index in [0.717, 1.165) is 17.0 Å². The average molecular weight is 283 g/mol. The largest absolute Gasteiger partial charge is 0.336 e. The normalized spacial score (nSPS) is 16.1. The Kier molecular flexibility index (Phi) is 4.29. The molecule has 1 aromatic rings. The maximum absolute atomic E-state index is 13.1. The molecule has 1 saturated heterocycles. The number of carbonyl (C=O) groups is 2. The van der Waals surface area contributed by atoms with Crippen molar-refractivity contribution in [2.75, 3.05) is 19.6 Å². The number of carbonyl (C=O) groups excluding carboxylic acids is 2. The van der Waals surface area contributed by atoms with Gasteiger partial charge in [0.25, 0.3) is 0 Å². The molecule has 0 spiro atoms. The van der Waals surface area contributed by atoms with E-state index in [4.69, 9.17) is 0 Å². The summed E-state index contributed by atoms with van der Waals surface area (Å²) in [5.74, 6) is -2.19. The molecule has 7 heteroatoms. The van der Waals surface area contributed by atoms with Crippen LogP contribution >= 0.6 is 0 Å². The molecule has 0 saturated carbocycles. The number of benzene rings is 1. The summed E-state index contributed by atoms with van der Waals surface area (Å²) in [5, 5.41) is 5.41. The van der Waals surface area contributed by atoms with E-state index >= 15 is 0 Å². The first-order valence-corrected chi connectivity index (χ1v) is 6.25. The van der Waals surface area contributed by atoms with E-state index in [-0.39, 0.29) is 18.5 Å². The van der Waals surface area contributed by atoms with Gasteiger partial charge in [-0.05, 0) is 24.6 Å². The van der Waals surface area contributed by atoms with Crippen LogP contribution in [-0.2, 0) is 4.79 Å². The monoisotopic (exact) mass is 283 g/mol. The SMILES string of the molecule is C[C@H](NCC(=O)N1CCNC1=O)c1ccc(F)c(F)c1. The van der Waals surface area contributed by atoms with E-state index in [1.54, 1.807) is 6.92 Å². The highest BCUT2D eigenvalue weighted by Crippen LogP contribution is 2.15. The number of halogens is 2. The number of nitrogens with zero attached hydrogens (tertiary/aromatic N) is 1. The van der Waals surface area contributed by atoms with Gasteiger partial charge in [-0.15, -0.1) is 0 Å². The molecule has 1 aromatic carbocycles. The summed E-state index contributed by atoms with van der Waals surface area (Å²) in [5.41, 5.74) is 0.530. The number of rotatable bonds is 4. The molecule has 2 N–H and O–H groups in total. The Morgan fingerprint density at radius 1 is 1.45 bits per heavy atom. The van der Waals surface area contributed by atoms with Crippen LogP contribution < -0.4 is 10.6 Å². The fourth-order valence-electron chi connectivity index (χ4n) is 1.94. The molecule has 20 heavy (non-hydrogen) atoms. The van der Waals surface area contributed by atoms with E-state index < -0.39 is 17.7 Å². The third kappa shape index (κ3) is 3.11. The van der Waals surface area contributed by atoms with Gasteiger partial charge in [0.15, 0.2) is 11.6 Å². The Hall–Kier alpha value is -2.02. The second kappa shape index (κ2) is 5.96. The highest BCUT2D eigenvalue weighted by molar-refractivity contribution is 5.96. The Labute approximate surface area is 114 Å². The fraction of sp³-hybridized carbons (Fsp3) is 0.385. The lowest BCUT2D eigenvalue weighted by atomic mass is 10.1. The lowest BCUT2D eigenvalue weighted by Crippen LogP contribution is -2.40. The lowest BCUT2D eigenvalue weighted by Gasteiger charge is -2.17. The summed E-state index contributed by atoms with van der Waals surface area (Å²) in [6, 6.07) is 2.83. The second-order valence-electron chi connectivity index (χ2n) is 4.55. The van der Waals surface area contributed by atoms with Crippen LogP contribution in [0, 0.1) is 11.6 Å². The van der Waals surface area contributed by atoms with Crippen molar-refractivity contribution >= 4 is 11.9 Å². The molecule has 1 heterocycles. The maximum atomic E-state index is 13.1. The minimum atomic E-state index is -0.929. The number of imide groups is 1.